The molecule has 2 heterocycles. The fraction of sp³-hybridized carbons (Fsp3) is 0.364. The molecule has 0 fully saturated rings. The molecule has 0 aromatic carbocycles. The third-order valence-electron chi connectivity index (χ3n) is 2.38. The van der Waals surface area contributed by atoms with Crippen molar-refractivity contribution in [3.05, 3.63) is 44.0 Å². The molecule has 0 amide bonds. The predicted molar refractivity (Wildman–Crippen MR) is 64.2 cm³/mol. The van der Waals surface area contributed by atoms with Gasteiger partial charge in [-0.15, -0.1) is 11.3 Å². The molecule has 0 bridgehead atoms. The predicted octanol–water partition coefficient (Wildman–Crippen LogP) is 2.38. The molecule has 0 aliphatic heterocycles. The van der Waals surface area contributed by atoms with Gasteiger partial charge in [-0.3, -0.25) is 4.57 Å². The van der Waals surface area contributed by atoms with Crippen LogP contribution >= 0.6 is 11.3 Å². The summed E-state index contributed by atoms with van der Waals surface area (Å²) in [7, 11) is 0. The summed E-state index contributed by atoms with van der Waals surface area (Å²) in [5, 5.41) is 0. The SMILES string of the molecule is Cc1nc(C(F)(F)F)n(Cc2ccc(C)s2)c(=O)n1. The standard InChI is InChI=1S/C11H10F3N3OS/c1-6-3-4-8(19-6)5-17-9(11(12,13)14)15-7(2)16-10(17)18/h3-4H,5H2,1-2H3. The zero-order valence-electron chi connectivity index (χ0n) is 10.2. The first kappa shape index (κ1) is 13.7. The Bertz CT molecular complexity index is 660. The molecule has 0 aliphatic rings. The molecule has 0 atom stereocenters. The summed E-state index contributed by atoms with van der Waals surface area (Å²) in [6.45, 7) is 2.93. The van der Waals surface area contributed by atoms with Gasteiger partial charge >= 0.3 is 11.9 Å². The van der Waals surface area contributed by atoms with Gasteiger partial charge in [-0.25, -0.2) is 9.78 Å². The van der Waals surface area contributed by atoms with Gasteiger partial charge in [0.1, 0.15) is 5.82 Å². The molecule has 0 unspecified atom stereocenters. The van der Waals surface area contributed by atoms with E-state index in [0.717, 1.165) is 4.88 Å². The van der Waals surface area contributed by atoms with Crippen LogP contribution in [-0.4, -0.2) is 14.5 Å². The van der Waals surface area contributed by atoms with Crippen LogP contribution in [0.3, 0.4) is 0 Å². The lowest BCUT2D eigenvalue weighted by molar-refractivity contribution is -0.148. The van der Waals surface area contributed by atoms with Gasteiger partial charge in [0, 0.05) is 9.75 Å². The lowest BCUT2D eigenvalue weighted by Crippen LogP contribution is -2.32. The quantitative estimate of drug-likeness (QED) is 0.853. The highest BCUT2D eigenvalue weighted by atomic mass is 32.1. The highest BCUT2D eigenvalue weighted by molar-refractivity contribution is 7.11. The summed E-state index contributed by atoms with van der Waals surface area (Å²) in [6, 6.07) is 3.47. The van der Waals surface area contributed by atoms with Crippen LogP contribution in [0.15, 0.2) is 16.9 Å². The topological polar surface area (TPSA) is 47.8 Å². The molecule has 4 nitrogen and oxygen atoms in total. The molecule has 0 saturated heterocycles. The molecular formula is C11H10F3N3OS. The summed E-state index contributed by atoms with van der Waals surface area (Å²) in [5.41, 5.74) is -0.939. The van der Waals surface area contributed by atoms with Gasteiger partial charge in [0.05, 0.1) is 6.54 Å². The van der Waals surface area contributed by atoms with E-state index in [0.29, 0.717) is 9.44 Å². The van der Waals surface area contributed by atoms with E-state index >= 15 is 0 Å². The number of halogens is 3. The second kappa shape index (κ2) is 4.76. The minimum Gasteiger partial charge on any atom is -0.267 e. The molecule has 102 valence electrons. The Kier molecular flexibility index (Phi) is 3.44. The number of aryl methyl sites for hydroxylation is 2. The first-order valence-corrected chi connectivity index (χ1v) is 6.17. The van der Waals surface area contributed by atoms with Crippen molar-refractivity contribution < 1.29 is 13.2 Å². The van der Waals surface area contributed by atoms with Crippen molar-refractivity contribution in [3.63, 3.8) is 0 Å². The summed E-state index contributed by atoms with van der Waals surface area (Å²) in [4.78, 5) is 20.0. The first-order valence-electron chi connectivity index (χ1n) is 5.35. The van der Waals surface area contributed by atoms with Crippen molar-refractivity contribution in [3.8, 4) is 0 Å². The minimum absolute atomic E-state index is 0.174. The lowest BCUT2D eigenvalue weighted by Gasteiger charge is -2.13. The van der Waals surface area contributed by atoms with Gasteiger partial charge in [-0.2, -0.15) is 18.2 Å². The van der Waals surface area contributed by atoms with Crippen LogP contribution in [0.5, 0.6) is 0 Å². The molecule has 0 saturated carbocycles. The van der Waals surface area contributed by atoms with Gasteiger partial charge in [-0.05, 0) is 26.0 Å². The molecule has 0 radical (unpaired) electrons. The largest absolute Gasteiger partial charge is 0.449 e. The Morgan fingerprint density at radius 1 is 1.26 bits per heavy atom. The molecule has 2 aromatic heterocycles. The van der Waals surface area contributed by atoms with Crippen LogP contribution in [0.4, 0.5) is 13.2 Å². The minimum atomic E-state index is -4.68. The Morgan fingerprint density at radius 2 is 1.95 bits per heavy atom. The number of hydrogen-bond acceptors (Lipinski definition) is 4. The highest BCUT2D eigenvalue weighted by Crippen LogP contribution is 2.27. The Morgan fingerprint density at radius 3 is 2.47 bits per heavy atom. The molecular weight excluding hydrogens is 279 g/mol. The van der Waals surface area contributed by atoms with E-state index in [4.69, 9.17) is 0 Å². The zero-order chi connectivity index (χ0) is 14.2. The first-order chi connectivity index (χ1) is 8.77. The van der Waals surface area contributed by atoms with E-state index < -0.39 is 17.7 Å². The molecule has 8 heteroatoms. The van der Waals surface area contributed by atoms with E-state index in [2.05, 4.69) is 9.97 Å². The maximum Gasteiger partial charge on any atom is 0.449 e. The highest BCUT2D eigenvalue weighted by Gasteiger charge is 2.37. The van der Waals surface area contributed by atoms with E-state index in [9.17, 15) is 18.0 Å². The van der Waals surface area contributed by atoms with Crippen LogP contribution in [0, 0.1) is 13.8 Å². The second-order valence-corrected chi connectivity index (χ2v) is 5.35. The molecule has 0 aliphatic carbocycles. The van der Waals surface area contributed by atoms with Gasteiger partial charge in [0.25, 0.3) is 0 Å². The molecule has 2 rings (SSSR count). The van der Waals surface area contributed by atoms with Gasteiger partial charge < -0.3 is 0 Å². The van der Waals surface area contributed by atoms with Gasteiger partial charge in [0.15, 0.2) is 0 Å². The maximum absolute atomic E-state index is 12.9. The number of nitrogens with zero attached hydrogens (tertiary/aromatic N) is 3. The van der Waals surface area contributed by atoms with Crippen LogP contribution < -0.4 is 5.69 Å². The van der Waals surface area contributed by atoms with E-state index in [-0.39, 0.29) is 12.4 Å². The molecule has 0 spiro atoms. The van der Waals surface area contributed by atoms with Crippen molar-refractivity contribution >= 4 is 11.3 Å². The average Bonchev–Trinajstić information content (AvgIpc) is 2.66. The van der Waals surface area contributed by atoms with E-state index in [1.165, 1.54) is 18.3 Å². The zero-order valence-corrected chi connectivity index (χ0v) is 11.0. The van der Waals surface area contributed by atoms with E-state index in [1.54, 1.807) is 12.1 Å². The third kappa shape index (κ3) is 3.01. The number of thiophene rings is 1. The molecule has 2 aromatic rings. The van der Waals surface area contributed by atoms with Crippen LogP contribution in [0.1, 0.15) is 21.4 Å². The third-order valence-corrected chi connectivity index (χ3v) is 3.36. The number of alkyl halides is 3. The summed E-state index contributed by atoms with van der Waals surface area (Å²) in [5.74, 6) is -1.40. The van der Waals surface area contributed by atoms with Crippen molar-refractivity contribution in [1.29, 1.82) is 0 Å². The van der Waals surface area contributed by atoms with Crippen LogP contribution in [0.2, 0.25) is 0 Å². The van der Waals surface area contributed by atoms with Gasteiger partial charge in [0.2, 0.25) is 5.82 Å². The lowest BCUT2D eigenvalue weighted by atomic mass is 10.4. The normalized spacial score (nSPS) is 11.8. The smallest absolute Gasteiger partial charge is 0.267 e. The van der Waals surface area contributed by atoms with Crippen molar-refractivity contribution in [2.45, 2.75) is 26.6 Å². The Hall–Kier alpha value is -1.70. The Labute approximate surface area is 110 Å². The average molecular weight is 289 g/mol. The molecule has 19 heavy (non-hydrogen) atoms. The Balaban J connectivity index is 2.52. The summed E-state index contributed by atoms with van der Waals surface area (Å²) in [6.07, 6.45) is -4.68. The summed E-state index contributed by atoms with van der Waals surface area (Å²) >= 11 is 1.33. The van der Waals surface area contributed by atoms with E-state index in [1.807, 2.05) is 6.92 Å². The summed E-state index contributed by atoms with van der Waals surface area (Å²) < 4.78 is 39.2. The number of aromatic nitrogens is 3. The van der Waals surface area contributed by atoms with Crippen molar-refractivity contribution in [2.24, 2.45) is 0 Å². The fourth-order valence-corrected chi connectivity index (χ4v) is 2.49. The number of rotatable bonds is 2. The van der Waals surface area contributed by atoms with Crippen molar-refractivity contribution in [2.75, 3.05) is 0 Å². The second-order valence-electron chi connectivity index (χ2n) is 3.97. The molecule has 0 N–H and O–H groups in total. The van der Waals surface area contributed by atoms with Crippen LogP contribution in [0.25, 0.3) is 0 Å². The number of hydrogen-bond donors (Lipinski definition) is 0. The van der Waals surface area contributed by atoms with Crippen molar-refractivity contribution in [1.82, 2.24) is 14.5 Å². The fourth-order valence-electron chi connectivity index (χ4n) is 1.61. The van der Waals surface area contributed by atoms with Crippen LogP contribution in [-0.2, 0) is 12.7 Å². The van der Waals surface area contributed by atoms with Gasteiger partial charge in [-0.1, -0.05) is 0 Å². The maximum atomic E-state index is 12.9. The monoisotopic (exact) mass is 289 g/mol.